The predicted octanol–water partition coefficient (Wildman–Crippen LogP) is 5.12. The van der Waals surface area contributed by atoms with E-state index < -0.39 is 37.2 Å². The first-order chi connectivity index (χ1) is 18.3. The zero-order chi connectivity index (χ0) is 27.4. The molecule has 1 aliphatic carbocycles. The molecule has 1 aliphatic heterocycles. The highest BCUT2D eigenvalue weighted by molar-refractivity contribution is 6.42. The SMILES string of the molecule is CCC1=C(C2=C(C(=O)OCOn3ccnn3)C(c3cccc(Cl)c3Cl)C(C(=O)O)C(CF)=N2)CCC(C)=C1. The molecule has 2 unspecified atom stereocenters. The lowest BCUT2D eigenvalue weighted by atomic mass is 9.73. The van der Waals surface area contributed by atoms with Crippen LogP contribution in [0.3, 0.4) is 0 Å². The first-order valence-electron chi connectivity index (χ1n) is 11.9. The van der Waals surface area contributed by atoms with Crippen LogP contribution in [0.2, 0.25) is 10.0 Å². The number of hydrogen-bond acceptors (Lipinski definition) is 7. The van der Waals surface area contributed by atoms with E-state index in [2.05, 4.69) is 15.3 Å². The number of aliphatic imine (C=N–C) groups is 1. The fourth-order valence-electron chi connectivity index (χ4n) is 4.73. The minimum atomic E-state index is -1.52. The minimum absolute atomic E-state index is 0.0538. The van der Waals surface area contributed by atoms with E-state index in [1.165, 1.54) is 18.5 Å². The van der Waals surface area contributed by atoms with Crippen molar-refractivity contribution in [2.45, 2.75) is 39.0 Å². The Kier molecular flexibility index (Phi) is 8.63. The summed E-state index contributed by atoms with van der Waals surface area (Å²) in [5.41, 5.74) is 2.94. The van der Waals surface area contributed by atoms with Crippen molar-refractivity contribution >= 4 is 40.9 Å². The fourth-order valence-corrected chi connectivity index (χ4v) is 5.16. The Balaban J connectivity index is 1.94. The lowest BCUT2D eigenvalue weighted by Gasteiger charge is -2.33. The number of aromatic nitrogens is 3. The molecule has 0 fully saturated rings. The van der Waals surface area contributed by atoms with Crippen molar-refractivity contribution in [2.24, 2.45) is 10.9 Å². The van der Waals surface area contributed by atoms with Gasteiger partial charge in [0.05, 0.1) is 39.4 Å². The van der Waals surface area contributed by atoms with Crippen LogP contribution >= 0.6 is 23.2 Å². The highest BCUT2D eigenvalue weighted by Crippen LogP contribution is 2.47. The van der Waals surface area contributed by atoms with Crippen molar-refractivity contribution in [3.63, 3.8) is 0 Å². The first-order valence-corrected chi connectivity index (χ1v) is 12.6. The van der Waals surface area contributed by atoms with Gasteiger partial charge in [-0.2, -0.15) is 0 Å². The summed E-state index contributed by atoms with van der Waals surface area (Å²) in [4.78, 5) is 36.9. The molecule has 0 radical (unpaired) electrons. The third kappa shape index (κ3) is 5.51. The third-order valence-electron chi connectivity index (χ3n) is 6.47. The molecule has 1 aromatic carbocycles. The minimum Gasteiger partial charge on any atom is -0.481 e. The lowest BCUT2D eigenvalue weighted by molar-refractivity contribution is -0.154. The molecule has 0 amide bonds. The average molecular weight is 563 g/mol. The van der Waals surface area contributed by atoms with Gasteiger partial charge in [-0.05, 0) is 54.2 Å². The smallest absolute Gasteiger partial charge is 0.339 e. The van der Waals surface area contributed by atoms with Gasteiger partial charge in [-0.25, -0.2) is 9.18 Å². The van der Waals surface area contributed by atoms with E-state index in [9.17, 15) is 19.1 Å². The van der Waals surface area contributed by atoms with Crippen LogP contribution in [0.15, 0.2) is 69.7 Å². The van der Waals surface area contributed by atoms with E-state index in [1.807, 2.05) is 19.9 Å². The van der Waals surface area contributed by atoms with Gasteiger partial charge in [0.15, 0.2) is 0 Å². The zero-order valence-corrected chi connectivity index (χ0v) is 22.2. The van der Waals surface area contributed by atoms with Crippen LogP contribution < -0.4 is 4.84 Å². The molecule has 1 N–H and O–H groups in total. The van der Waals surface area contributed by atoms with Crippen molar-refractivity contribution in [2.75, 3.05) is 13.5 Å². The third-order valence-corrected chi connectivity index (χ3v) is 7.31. The van der Waals surface area contributed by atoms with Crippen molar-refractivity contribution in [1.82, 2.24) is 15.2 Å². The Morgan fingerprint density at radius 1 is 1.26 bits per heavy atom. The molecule has 12 heteroatoms. The quantitative estimate of drug-likeness (QED) is 0.333. The maximum Gasteiger partial charge on any atom is 0.339 e. The summed E-state index contributed by atoms with van der Waals surface area (Å²) in [6.45, 7) is 2.29. The number of halogens is 3. The number of nitrogens with zero attached hydrogens (tertiary/aromatic N) is 4. The number of carboxylic acids is 1. The molecular weight excluding hydrogens is 538 g/mol. The van der Waals surface area contributed by atoms with E-state index >= 15 is 0 Å². The molecule has 4 rings (SSSR count). The highest BCUT2D eigenvalue weighted by Gasteiger charge is 2.45. The largest absolute Gasteiger partial charge is 0.481 e. The van der Waals surface area contributed by atoms with E-state index in [0.717, 1.165) is 21.6 Å². The van der Waals surface area contributed by atoms with Crippen LogP contribution in [-0.4, -0.2) is 51.4 Å². The van der Waals surface area contributed by atoms with Crippen LogP contribution in [0.5, 0.6) is 0 Å². The molecule has 200 valence electrons. The van der Waals surface area contributed by atoms with Crippen LogP contribution in [0, 0.1) is 5.92 Å². The van der Waals surface area contributed by atoms with Gasteiger partial charge in [0.2, 0.25) is 0 Å². The number of ether oxygens (including phenoxy) is 1. The Morgan fingerprint density at radius 2 is 2.05 bits per heavy atom. The van der Waals surface area contributed by atoms with Crippen LogP contribution in [0.25, 0.3) is 0 Å². The van der Waals surface area contributed by atoms with Crippen molar-refractivity contribution in [3.05, 3.63) is 80.3 Å². The molecule has 38 heavy (non-hydrogen) atoms. The van der Waals surface area contributed by atoms with Gasteiger partial charge in [0, 0.05) is 5.92 Å². The Bertz CT molecular complexity index is 1370. The molecular formula is C26H25Cl2FN4O5. The molecule has 0 saturated heterocycles. The van der Waals surface area contributed by atoms with Gasteiger partial charge in [0.25, 0.3) is 6.79 Å². The number of rotatable bonds is 9. The topological polar surface area (TPSA) is 116 Å². The van der Waals surface area contributed by atoms with Gasteiger partial charge >= 0.3 is 11.9 Å². The summed E-state index contributed by atoms with van der Waals surface area (Å²) in [5.74, 6) is -5.00. The maximum atomic E-state index is 14.4. The number of alkyl halides is 1. The number of aliphatic carboxylic acids is 1. The van der Waals surface area contributed by atoms with Crippen LogP contribution in [-0.2, 0) is 14.3 Å². The maximum absolute atomic E-state index is 14.4. The molecule has 9 nitrogen and oxygen atoms in total. The molecule has 0 spiro atoms. The Labute approximate surface area is 228 Å². The number of carboxylic acid groups (broad SMARTS) is 1. The van der Waals surface area contributed by atoms with Crippen LogP contribution in [0.1, 0.15) is 44.6 Å². The van der Waals surface area contributed by atoms with Gasteiger partial charge < -0.3 is 14.7 Å². The second-order valence-electron chi connectivity index (χ2n) is 8.77. The molecule has 1 aromatic heterocycles. The summed E-state index contributed by atoms with van der Waals surface area (Å²) in [6, 6.07) is 4.69. The fraction of sp³-hybridized carbons (Fsp3) is 0.346. The summed E-state index contributed by atoms with van der Waals surface area (Å²) in [6.07, 6.45) is 6.65. The predicted molar refractivity (Wildman–Crippen MR) is 139 cm³/mol. The summed E-state index contributed by atoms with van der Waals surface area (Å²) >= 11 is 12.8. The van der Waals surface area contributed by atoms with Gasteiger partial charge in [0.1, 0.15) is 12.6 Å². The van der Waals surface area contributed by atoms with E-state index in [4.69, 9.17) is 32.8 Å². The standard InChI is InChI=1S/C26H25Cl2FN4O5/c1-3-15-11-14(2)7-8-16(15)24-22(26(36)37-13-38-33-10-9-30-32-33)20(17-5-4-6-18(27)23(17)28)21(25(34)35)19(12-29)31-24/h4-6,9-11,20-21H,3,7-8,12-13H2,1-2H3,(H,34,35). The zero-order valence-electron chi connectivity index (χ0n) is 20.7. The summed E-state index contributed by atoms with van der Waals surface area (Å²) in [5, 5.41) is 17.7. The first kappa shape index (κ1) is 27.5. The van der Waals surface area contributed by atoms with Gasteiger partial charge in [-0.15, -0.1) is 5.10 Å². The van der Waals surface area contributed by atoms with Gasteiger partial charge in [-0.1, -0.05) is 58.8 Å². The number of esters is 1. The second kappa shape index (κ2) is 11.9. The monoisotopic (exact) mass is 562 g/mol. The highest BCUT2D eigenvalue weighted by atomic mass is 35.5. The van der Waals surface area contributed by atoms with E-state index in [1.54, 1.807) is 12.1 Å². The summed E-state index contributed by atoms with van der Waals surface area (Å²) in [7, 11) is 0. The number of allylic oxidation sites excluding steroid dienone is 4. The van der Waals surface area contributed by atoms with Gasteiger partial charge in [-0.3, -0.25) is 9.79 Å². The van der Waals surface area contributed by atoms with Crippen molar-refractivity contribution in [1.29, 1.82) is 0 Å². The number of benzene rings is 1. The Morgan fingerprint density at radius 3 is 2.71 bits per heavy atom. The number of carbonyl (C=O) groups is 2. The number of carbonyl (C=O) groups excluding carboxylic acids is 1. The Hall–Kier alpha value is -3.50. The molecule has 0 saturated carbocycles. The average Bonchev–Trinajstić information content (AvgIpc) is 3.42. The lowest BCUT2D eigenvalue weighted by Crippen LogP contribution is -2.38. The van der Waals surface area contributed by atoms with E-state index in [0.29, 0.717) is 19.3 Å². The second-order valence-corrected chi connectivity index (χ2v) is 9.55. The van der Waals surface area contributed by atoms with Crippen molar-refractivity contribution in [3.8, 4) is 0 Å². The summed E-state index contributed by atoms with van der Waals surface area (Å²) < 4.78 is 19.8. The molecule has 0 bridgehead atoms. The van der Waals surface area contributed by atoms with Crippen LogP contribution in [0.4, 0.5) is 4.39 Å². The molecule has 2 aromatic rings. The molecule has 2 aliphatic rings. The molecule has 2 atom stereocenters. The van der Waals surface area contributed by atoms with Crippen molar-refractivity contribution < 1.29 is 28.7 Å². The van der Waals surface area contributed by atoms with E-state index in [-0.39, 0.29) is 32.6 Å². The molecule has 2 heterocycles. The number of hydrogen-bond donors (Lipinski definition) is 1. The normalized spacial score (nSPS) is 19.7.